The first kappa shape index (κ1) is 17.2. The Morgan fingerprint density at radius 1 is 1.00 bits per heavy atom. The largest absolute Gasteiger partial charge is 0.467 e. The molecule has 2 rings (SSSR count). The summed E-state index contributed by atoms with van der Waals surface area (Å²) in [6, 6.07) is 19.4. The highest BCUT2D eigenvalue weighted by molar-refractivity contribution is 5.75. The summed E-state index contributed by atoms with van der Waals surface area (Å²) in [5, 5.41) is 10.3. The molecule has 1 N–H and O–H groups in total. The van der Waals surface area contributed by atoms with Gasteiger partial charge in [0, 0.05) is 0 Å². The number of carbonyl (C=O) groups excluding carboxylic acids is 1. The van der Waals surface area contributed by atoms with Gasteiger partial charge in [-0.25, -0.2) is 4.79 Å². The molecule has 0 bridgehead atoms. The van der Waals surface area contributed by atoms with Gasteiger partial charge in [0.05, 0.1) is 19.8 Å². The second-order valence-electron chi connectivity index (χ2n) is 5.33. The zero-order valence-corrected chi connectivity index (χ0v) is 13.2. The highest BCUT2D eigenvalue weighted by Crippen LogP contribution is 2.13. The lowest BCUT2D eigenvalue weighted by atomic mass is 10.0. The highest BCUT2D eigenvalue weighted by Gasteiger charge is 2.28. The summed E-state index contributed by atoms with van der Waals surface area (Å²) in [5.74, 6) is -0.554. The first-order chi connectivity index (χ1) is 11.2. The third kappa shape index (κ3) is 5.51. The fourth-order valence-corrected chi connectivity index (χ4v) is 2.32. The number of carbonyl (C=O) groups is 1. The topological polar surface area (TPSA) is 55.8 Å². The summed E-state index contributed by atoms with van der Waals surface area (Å²) in [5.41, 5.74) is 2.05. The number of hydrogen-bond acceptors (Lipinski definition) is 4. The third-order valence-corrected chi connectivity index (χ3v) is 3.63. The Hall–Kier alpha value is -2.17. The molecule has 0 heterocycles. The van der Waals surface area contributed by atoms with Crippen LogP contribution in [0.4, 0.5) is 0 Å². The SMILES string of the molecule is COC(=O)C(OCc1ccccc1)C(O)CCc1ccccc1. The molecule has 23 heavy (non-hydrogen) atoms. The lowest BCUT2D eigenvalue weighted by Gasteiger charge is -2.21. The number of aliphatic hydroxyl groups is 1. The van der Waals surface area contributed by atoms with E-state index in [9.17, 15) is 9.90 Å². The average Bonchev–Trinajstić information content (AvgIpc) is 2.61. The van der Waals surface area contributed by atoms with Crippen LogP contribution in [0.3, 0.4) is 0 Å². The summed E-state index contributed by atoms with van der Waals surface area (Å²) < 4.78 is 10.4. The van der Waals surface area contributed by atoms with E-state index in [2.05, 4.69) is 0 Å². The standard InChI is InChI=1S/C19H22O4/c1-22-19(21)18(23-14-16-10-6-3-7-11-16)17(20)13-12-15-8-4-2-5-9-15/h2-11,17-18,20H,12-14H2,1H3. The van der Waals surface area contributed by atoms with E-state index in [1.165, 1.54) is 7.11 Å². The van der Waals surface area contributed by atoms with Gasteiger partial charge in [0.25, 0.3) is 0 Å². The van der Waals surface area contributed by atoms with Crippen LogP contribution in [0.5, 0.6) is 0 Å². The summed E-state index contributed by atoms with van der Waals surface area (Å²) in [7, 11) is 1.30. The summed E-state index contributed by atoms with van der Waals surface area (Å²) >= 11 is 0. The molecule has 0 amide bonds. The maximum atomic E-state index is 11.9. The predicted octanol–water partition coefficient (Wildman–Crippen LogP) is 2.74. The molecular formula is C19H22O4. The number of rotatable bonds is 8. The van der Waals surface area contributed by atoms with E-state index in [1.807, 2.05) is 60.7 Å². The van der Waals surface area contributed by atoms with E-state index in [0.29, 0.717) is 12.8 Å². The zero-order valence-electron chi connectivity index (χ0n) is 13.2. The van der Waals surface area contributed by atoms with E-state index in [1.54, 1.807) is 0 Å². The van der Waals surface area contributed by atoms with Crippen LogP contribution < -0.4 is 0 Å². The number of ether oxygens (including phenoxy) is 2. The number of hydrogen-bond donors (Lipinski definition) is 1. The van der Waals surface area contributed by atoms with Crippen molar-refractivity contribution in [3.8, 4) is 0 Å². The first-order valence-electron chi connectivity index (χ1n) is 7.66. The number of aliphatic hydroxyl groups excluding tert-OH is 1. The lowest BCUT2D eigenvalue weighted by Crippen LogP contribution is -2.37. The summed E-state index contributed by atoms with van der Waals surface area (Å²) in [4.78, 5) is 11.9. The quantitative estimate of drug-likeness (QED) is 0.761. The van der Waals surface area contributed by atoms with Crippen LogP contribution in [0.15, 0.2) is 60.7 Å². The minimum atomic E-state index is -0.982. The van der Waals surface area contributed by atoms with Crippen molar-refractivity contribution in [1.82, 2.24) is 0 Å². The molecule has 0 aliphatic carbocycles. The van der Waals surface area contributed by atoms with Crippen LogP contribution in [0, 0.1) is 0 Å². The van der Waals surface area contributed by atoms with Crippen molar-refractivity contribution in [1.29, 1.82) is 0 Å². The smallest absolute Gasteiger partial charge is 0.337 e. The van der Waals surface area contributed by atoms with Gasteiger partial charge >= 0.3 is 5.97 Å². The molecule has 4 heteroatoms. The van der Waals surface area contributed by atoms with Gasteiger partial charge < -0.3 is 14.6 Å². The molecule has 2 aromatic carbocycles. The number of benzene rings is 2. The van der Waals surface area contributed by atoms with Gasteiger partial charge in [0.15, 0.2) is 6.10 Å². The molecule has 0 aliphatic rings. The van der Waals surface area contributed by atoms with Crippen LogP contribution in [-0.4, -0.2) is 30.4 Å². The molecule has 0 saturated carbocycles. The molecule has 0 radical (unpaired) electrons. The van der Waals surface area contributed by atoms with Gasteiger partial charge in [0.2, 0.25) is 0 Å². The van der Waals surface area contributed by atoms with Crippen molar-refractivity contribution >= 4 is 5.97 Å². The van der Waals surface area contributed by atoms with Crippen molar-refractivity contribution in [3.05, 3.63) is 71.8 Å². The van der Waals surface area contributed by atoms with Crippen LogP contribution >= 0.6 is 0 Å². The van der Waals surface area contributed by atoms with Gasteiger partial charge in [-0.1, -0.05) is 60.7 Å². The molecule has 0 saturated heterocycles. The van der Waals surface area contributed by atoms with Crippen molar-refractivity contribution in [2.45, 2.75) is 31.7 Å². The Labute approximate surface area is 136 Å². The molecule has 2 atom stereocenters. The van der Waals surface area contributed by atoms with Crippen LogP contribution in [0.2, 0.25) is 0 Å². The van der Waals surface area contributed by atoms with Crippen molar-refractivity contribution < 1.29 is 19.4 Å². The fraction of sp³-hybridized carbons (Fsp3) is 0.316. The van der Waals surface area contributed by atoms with E-state index in [-0.39, 0.29) is 6.61 Å². The molecule has 0 aromatic heterocycles. The van der Waals surface area contributed by atoms with E-state index >= 15 is 0 Å². The zero-order chi connectivity index (χ0) is 16.5. The third-order valence-electron chi connectivity index (χ3n) is 3.63. The Morgan fingerprint density at radius 3 is 2.13 bits per heavy atom. The van der Waals surface area contributed by atoms with Crippen LogP contribution in [-0.2, 0) is 27.3 Å². The molecule has 0 aliphatic heterocycles. The van der Waals surface area contributed by atoms with Gasteiger partial charge in [-0.05, 0) is 24.0 Å². The van der Waals surface area contributed by atoms with Gasteiger partial charge in [0.1, 0.15) is 0 Å². The second-order valence-corrected chi connectivity index (χ2v) is 5.33. The Morgan fingerprint density at radius 2 is 1.57 bits per heavy atom. The Kier molecular flexibility index (Phi) is 6.78. The number of esters is 1. The monoisotopic (exact) mass is 314 g/mol. The minimum absolute atomic E-state index is 0.253. The van der Waals surface area contributed by atoms with Gasteiger partial charge in [-0.2, -0.15) is 0 Å². The normalized spacial score (nSPS) is 13.3. The van der Waals surface area contributed by atoms with E-state index < -0.39 is 18.2 Å². The molecule has 4 nitrogen and oxygen atoms in total. The molecular weight excluding hydrogens is 292 g/mol. The average molecular weight is 314 g/mol. The van der Waals surface area contributed by atoms with Crippen molar-refractivity contribution in [2.75, 3.05) is 7.11 Å². The van der Waals surface area contributed by atoms with Gasteiger partial charge in [-0.15, -0.1) is 0 Å². The molecule has 0 spiro atoms. The lowest BCUT2D eigenvalue weighted by molar-refractivity contribution is -0.163. The maximum Gasteiger partial charge on any atom is 0.337 e. The highest BCUT2D eigenvalue weighted by atomic mass is 16.6. The summed E-state index contributed by atoms with van der Waals surface area (Å²) in [6.45, 7) is 0.253. The van der Waals surface area contributed by atoms with E-state index in [4.69, 9.17) is 9.47 Å². The van der Waals surface area contributed by atoms with Gasteiger partial charge in [-0.3, -0.25) is 0 Å². The summed E-state index contributed by atoms with van der Waals surface area (Å²) in [6.07, 6.45) is -0.793. The molecule has 122 valence electrons. The minimum Gasteiger partial charge on any atom is -0.467 e. The Balaban J connectivity index is 1.92. The number of aryl methyl sites for hydroxylation is 1. The number of methoxy groups -OCH3 is 1. The second kappa shape index (κ2) is 9.08. The van der Waals surface area contributed by atoms with E-state index in [0.717, 1.165) is 11.1 Å². The molecule has 2 unspecified atom stereocenters. The maximum absolute atomic E-state index is 11.9. The fourth-order valence-electron chi connectivity index (χ4n) is 2.32. The predicted molar refractivity (Wildman–Crippen MR) is 87.8 cm³/mol. The van der Waals surface area contributed by atoms with Crippen LogP contribution in [0.1, 0.15) is 17.5 Å². The Bertz CT molecular complexity index is 583. The first-order valence-corrected chi connectivity index (χ1v) is 7.66. The molecule has 2 aromatic rings. The van der Waals surface area contributed by atoms with Crippen molar-refractivity contribution in [3.63, 3.8) is 0 Å². The van der Waals surface area contributed by atoms with Crippen LogP contribution in [0.25, 0.3) is 0 Å². The van der Waals surface area contributed by atoms with Crippen molar-refractivity contribution in [2.24, 2.45) is 0 Å². The molecule has 0 fully saturated rings.